The Bertz CT molecular complexity index is 706. The van der Waals surface area contributed by atoms with Crippen LogP contribution in [-0.2, 0) is 9.59 Å². The molecule has 0 aromatic carbocycles. The standard InChI is InChI=1S/C24H38F2N4O2/c1-14-4-5-20(26)19-12-21(28-23(14)19)24(32)27-16-9-15(25)10-18(11-16)29-8-6-17(13-29)30-7-2-3-22(30)31/h14-21,23,28H,2-13H2,1H3,(H,27,32). The van der Waals surface area contributed by atoms with E-state index in [4.69, 9.17) is 0 Å². The van der Waals surface area contributed by atoms with Crippen LogP contribution in [-0.4, -0.2) is 83.8 Å². The van der Waals surface area contributed by atoms with Crippen LogP contribution in [0.15, 0.2) is 0 Å². The molecular weight excluding hydrogens is 414 g/mol. The average molecular weight is 453 g/mol. The molecule has 9 unspecified atom stereocenters. The number of nitrogens with one attached hydrogen (secondary N) is 2. The Morgan fingerprint density at radius 2 is 1.91 bits per heavy atom. The van der Waals surface area contributed by atoms with E-state index in [1.165, 1.54) is 0 Å². The second-order valence-electron chi connectivity index (χ2n) is 11.0. The van der Waals surface area contributed by atoms with Gasteiger partial charge in [0.1, 0.15) is 12.3 Å². The molecule has 2 aliphatic carbocycles. The summed E-state index contributed by atoms with van der Waals surface area (Å²) in [5.41, 5.74) is 0. The topological polar surface area (TPSA) is 64.7 Å². The normalized spacial score (nSPS) is 45.3. The van der Waals surface area contributed by atoms with Gasteiger partial charge in [0, 0.05) is 56.1 Å². The van der Waals surface area contributed by atoms with Gasteiger partial charge in [-0.2, -0.15) is 0 Å². The summed E-state index contributed by atoms with van der Waals surface area (Å²) in [5, 5.41) is 6.49. The van der Waals surface area contributed by atoms with Gasteiger partial charge in [0.2, 0.25) is 11.8 Å². The van der Waals surface area contributed by atoms with Crippen molar-refractivity contribution < 1.29 is 18.4 Å². The van der Waals surface area contributed by atoms with Gasteiger partial charge in [-0.15, -0.1) is 0 Å². The quantitative estimate of drug-likeness (QED) is 0.686. The summed E-state index contributed by atoms with van der Waals surface area (Å²) < 4.78 is 29.1. The zero-order chi connectivity index (χ0) is 22.4. The largest absolute Gasteiger partial charge is 0.352 e. The van der Waals surface area contributed by atoms with Gasteiger partial charge in [-0.05, 0) is 57.3 Å². The van der Waals surface area contributed by atoms with Gasteiger partial charge in [0.15, 0.2) is 0 Å². The Labute approximate surface area is 189 Å². The van der Waals surface area contributed by atoms with E-state index in [0.717, 1.165) is 45.3 Å². The molecule has 0 aromatic rings. The molecule has 2 saturated carbocycles. The van der Waals surface area contributed by atoms with Crippen LogP contribution in [0, 0.1) is 11.8 Å². The van der Waals surface area contributed by atoms with E-state index in [1.807, 2.05) is 4.90 Å². The van der Waals surface area contributed by atoms with Crippen molar-refractivity contribution in [3.63, 3.8) is 0 Å². The highest BCUT2D eigenvalue weighted by Gasteiger charge is 2.47. The number of carbonyl (C=O) groups excluding carboxylic acids is 2. The van der Waals surface area contributed by atoms with Crippen molar-refractivity contribution in [3.8, 4) is 0 Å². The van der Waals surface area contributed by atoms with Crippen molar-refractivity contribution in [2.45, 2.75) is 107 Å². The summed E-state index contributed by atoms with van der Waals surface area (Å²) in [6.07, 6.45) is 4.37. The van der Waals surface area contributed by atoms with Crippen molar-refractivity contribution in [1.29, 1.82) is 0 Å². The number of hydrogen-bond acceptors (Lipinski definition) is 4. The highest BCUT2D eigenvalue weighted by Crippen LogP contribution is 2.39. The minimum Gasteiger partial charge on any atom is -0.352 e. The second-order valence-corrected chi connectivity index (χ2v) is 11.0. The summed E-state index contributed by atoms with van der Waals surface area (Å²) >= 11 is 0. The maximum atomic E-state index is 14.7. The van der Waals surface area contributed by atoms with Crippen molar-refractivity contribution >= 4 is 11.8 Å². The summed E-state index contributed by atoms with van der Waals surface area (Å²) in [7, 11) is 0. The van der Waals surface area contributed by atoms with E-state index in [-0.39, 0.29) is 47.9 Å². The van der Waals surface area contributed by atoms with Crippen LogP contribution in [0.2, 0.25) is 0 Å². The van der Waals surface area contributed by atoms with E-state index in [9.17, 15) is 18.4 Å². The minimum atomic E-state index is -0.930. The molecule has 32 heavy (non-hydrogen) atoms. The number of amides is 2. The molecule has 8 heteroatoms. The van der Waals surface area contributed by atoms with Crippen molar-refractivity contribution in [2.75, 3.05) is 19.6 Å². The van der Waals surface area contributed by atoms with Gasteiger partial charge < -0.3 is 15.5 Å². The lowest BCUT2D eigenvalue weighted by Gasteiger charge is -2.38. The predicted octanol–water partition coefficient (Wildman–Crippen LogP) is 2.17. The first kappa shape index (κ1) is 22.5. The molecule has 5 rings (SSSR count). The fraction of sp³-hybridized carbons (Fsp3) is 0.917. The number of hydrogen-bond donors (Lipinski definition) is 2. The molecule has 3 aliphatic heterocycles. The maximum Gasteiger partial charge on any atom is 0.237 e. The van der Waals surface area contributed by atoms with Crippen LogP contribution in [0.4, 0.5) is 8.78 Å². The first-order valence-corrected chi connectivity index (χ1v) is 12.8. The summed E-state index contributed by atoms with van der Waals surface area (Å²) in [4.78, 5) is 29.4. The van der Waals surface area contributed by atoms with Crippen LogP contribution >= 0.6 is 0 Å². The van der Waals surface area contributed by atoms with Gasteiger partial charge in [-0.1, -0.05) is 6.92 Å². The van der Waals surface area contributed by atoms with E-state index in [0.29, 0.717) is 38.0 Å². The number of nitrogens with zero attached hydrogens (tertiary/aromatic N) is 2. The van der Waals surface area contributed by atoms with Crippen LogP contribution in [0.5, 0.6) is 0 Å². The number of halogens is 2. The highest BCUT2D eigenvalue weighted by molar-refractivity contribution is 5.82. The molecule has 9 atom stereocenters. The highest BCUT2D eigenvalue weighted by atomic mass is 19.1. The number of likely N-dealkylation sites (tertiary alicyclic amines) is 2. The third-order valence-corrected chi connectivity index (χ3v) is 8.89. The van der Waals surface area contributed by atoms with Crippen LogP contribution in [0.25, 0.3) is 0 Å². The third kappa shape index (κ3) is 4.41. The zero-order valence-electron chi connectivity index (χ0n) is 19.1. The lowest BCUT2D eigenvalue weighted by atomic mass is 9.77. The first-order chi connectivity index (χ1) is 15.4. The van der Waals surface area contributed by atoms with Gasteiger partial charge in [-0.3, -0.25) is 14.5 Å². The lowest BCUT2D eigenvalue weighted by molar-refractivity contribution is -0.129. The van der Waals surface area contributed by atoms with Gasteiger partial charge in [0.25, 0.3) is 0 Å². The Balaban J connectivity index is 1.16. The fourth-order valence-corrected chi connectivity index (χ4v) is 7.15. The molecule has 3 saturated heterocycles. The zero-order valence-corrected chi connectivity index (χ0v) is 19.1. The third-order valence-electron chi connectivity index (χ3n) is 8.89. The van der Waals surface area contributed by atoms with Gasteiger partial charge in [0.05, 0.1) is 6.04 Å². The Morgan fingerprint density at radius 3 is 2.66 bits per heavy atom. The summed E-state index contributed by atoms with van der Waals surface area (Å²) in [5.74, 6) is 0.448. The minimum absolute atomic E-state index is 0.0670. The molecule has 0 spiro atoms. The van der Waals surface area contributed by atoms with E-state index >= 15 is 0 Å². The molecule has 5 fully saturated rings. The Hall–Kier alpha value is -1.28. The SMILES string of the molecule is CC1CCC(F)C2CC(C(=O)NC3CC(F)CC(N4CCC(N5CCCC5=O)C4)C3)NC12. The molecule has 0 bridgehead atoms. The molecule has 6 nitrogen and oxygen atoms in total. The molecule has 0 radical (unpaired) electrons. The summed E-state index contributed by atoms with van der Waals surface area (Å²) in [6.45, 7) is 4.68. The van der Waals surface area contributed by atoms with Crippen molar-refractivity contribution in [2.24, 2.45) is 11.8 Å². The van der Waals surface area contributed by atoms with E-state index < -0.39 is 12.3 Å². The molecule has 0 aromatic heterocycles. The van der Waals surface area contributed by atoms with Crippen LogP contribution < -0.4 is 10.6 Å². The maximum absolute atomic E-state index is 14.7. The average Bonchev–Trinajstić information content (AvgIpc) is 3.49. The van der Waals surface area contributed by atoms with E-state index in [2.05, 4.69) is 22.5 Å². The molecule has 180 valence electrons. The first-order valence-electron chi connectivity index (χ1n) is 12.8. The van der Waals surface area contributed by atoms with Crippen molar-refractivity contribution in [1.82, 2.24) is 20.4 Å². The molecule has 2 amide bonds. The lowest BCUT2D eigenvalue weighted by Crippen LogP contribution is -2.53. The molecular formula is C24H38F2N4O2. The van der Waals surface area contributed by atoms with Crippen LogP contribution in [0.1, 0.15) is 64.7 Å². The smallest absolute Gasteiger partial charge is 0.237 e. The summed E-state index contributed by atoms with van der Waals surface area (Å²) in [6, 6.07) is -0.149. The number of alkyl halides is 2. The van der Waals surface area contributed by atoms with E-state index in [1.54, 1.807) is 0 Å². The Morgan fingerprint density at radius 1 is 1.06 bits per heavy atom. The van der Waals surface area contributed by atoms with Gasteiger partial charge in [-0.25, -0.2) is 8.78 Å². The van der Waals surface area contributed by atoms with Crippen molar-refractivity contribution in [3.05, 3.63) is 0 Å². The number of rotatable bonds is 4. The number of carbonyl (C=O) groups is 2. The van der Waals surface area contributed by atoms with Gasteiger partial charge >= 0.3 is 0 Å². The monoisotopic (exact) mass is 452 g/mol. The molecule has 3 heterocycles. The molecule has 5 aliphatic rings. The molecule has 2 N–H and O–H groups in total. The Kier molecular flexibility index (Phi) is 6.45. The predicted molar refractivity (Wildman–Crippen MR) is 118 cm³/mol. The second kappa shape index (κ2) is 9.16. The fourth-order valence-electron chi connectivity index (χ4n) is 7.15. The van der Waals surface area contributed by atoms with Crippen LogP contribution in [0.3, 0.4) is 0 Å². The number of fused-ring (bicyclic) bond motifs is 1.